The van der Waals surface area contributed by atoms with E-state index in [1.165, 1.54) is 12.8 Å². The molecule has 78 valence electrons. The van der Waals surface area contributed by atoms with Gasteiger partial charge >= 0.3 is 0 Å². The van der Waals surface area contributed by atoms with E-state index in [2.05, 4.69) is 25.2 Å². The van der Waals surface area contributed by atoms with Crippen LogP contribution in [0, 0.1) is 0 Å². The molecule has 0 aliphatic heterocycles. The third kappa shape index (κ3) is 3.29. The Morgan fingerprint density at radius 1 is 1.43 bits per heavy atom. The molecule has 0 aromatic heterocycles. The Morgan fingerprint density at radius 3 is 2.86 bits per heavy atom. The molecule has 0 amide bonds. The Kier molecular flexibility index (Phi) is 4.30. The van der Waals surface area contributed by atoms with Gasteiger partial charge in [-0.25, -0.2) is 0 Å². The molecule has 1 rings (SSSR count). The van der Waals surface area contributed by atoms with E-state index in [1.807, 2.05) is 18.2 Å². The summed E-state index contributed by atoms with van der Waals surface area (Å²) in [5.41, 5.74) is 1.13. The number of benzene rings is 1. The van der Waals surface area contributed by atoms with Gasteiger partial charge in [0.05, 0.1) is 7.11 Å². The maximum Gasteiger partial charge on any atom is 0.120 e. The van der Waals surface area contributed by atoms with Crippen LogP contribution in [0.5, 0.6) is 5.75 Å². The fourth-order valence-electron chi connectivity index (χ4n) is 1.50. The van der Waals surface area contributed by atoms with Crippen molar-refractivity contribution in [3.63, 3.8) is 0 Å². The average Bonchev–Trinajstić information content (AvgIpc) is 2.18. The summed E-state index contributed by atoms with van der Waals surface area (Å²) in [6.07, 6.45) is 2.40. The predicted octanol–water partition coefficient (Wildman–Crippen LogP) is 3.30. The number of anilines is 1. The van der Waals surface area contributed by atoms with Crippen molar-refractivity contribution in [2.24, 2.45) is 0 Å². The molecular formula is C12H19NO. The highest BCUT2D eigenvalue weighted by atomic mass is 16.5. The van der Waals surface area contributed by atoms with Crippen LogP contribution in [-0.4, -0.2) is 13.2 Å². The Balaban J connectivity index is 2.57. The molecule has 0 heterocycles. The molecule has 1 N–H and O–H groups in total. The summed E-state index contributed by atoms with van der Waals surface area (Å²) in [5.74, 6) is 0.902. The molecule has 0 spiro atoms. The lowest BCUT2D eigenvalue weighted by Gasteiger charge is -2.14. The van der Waals surface area contributed by atoms with E-state index in [0.29, 0.717) is 6.04 Å². The van der Waals surface area contributed by atoms with E-state index in [4.69, 9.17) is 4.74 Å². The van der Waals surface area contributed by atoms with Crippen LogP contribution in [0.1, 0.15) is 26.7 Å². The summed E-state index contributed by atoms with van der Waals surface area (Å²) >= 11 is 0. The van der Waals surface area contributed by atoms with Crippen molar-refractivity contribution >= 4 is 5.69 Å². The van der Waals surface area contributed by atoms with E-state index in [0.717, 1.165) is 11.4 Å². The van der Waals surface area contributed by atoms with Crippen molar-refractivity contribution in [2.45, 2.75) is 32.7 Å². The van der Waals surface area contributed by atoms with Crippen molar-refractivity contribution in [3.05, 3.63) is 24.3 Å². The van der Waals surface area contributed by atoms with Crippen LogP contribution in [0.3, 0.4) is 0 Å². The number of methoxy groups -OCH3 is 1. The molecule has 0 aliphatic carbocycles. The highest BCUT2D eigenvalue weighted by Crippen LogP contribution is 2.18. The number of hydrogen-bond donors (Lipinski definition) is 1. The summed E-state index contributed by atoms with van der Waals surface area (Å²) in [7, 11) is 1.69. The molecule has 0 saturated carbocycles. The Labute approximate surface area is 86.3 Å². The second-order valence-corrected chi connectivity index (χ2v) is 3.57. The van der Waals surface area contributed by atoms with Crippen LogP contribution < -0.4 is 10.1 Å². The van der Waals surface area contributed by atoms with Gasteiger partial charge in [-0.15, -0.1) is 0 Å². The summed E-state index contributed by atoms with van der Waals surface area (Å²) in [5, 5.41) is 3.44. The number of rotatable bonds is 5. The fourth-order valence-corrected chi connectivity index (χ4v) is 1.50. The largest absolute Gasteiger partial charge is 0.497 e. The van der Waals surface area contributed by atoms with Crippen LogP contribution in [-0.2, 0) is 0 Å². The van der Waals surface area contributed by atoms with Gasteiger partial charge in [0.1, 0.15) is 5.75 Å². The zero-order valence-electron chi connectivity index (χ0n) is 9.21. The monoisotopic (exact) mass is 193 g/mol. The SMILES string of the molecule is CCC[C@H](C)Nc1cccc(OC)c1. The quantitative estimate of drug-likeness (QED) is 0.774. The predicted molar refractivity (Wildman–Crippen MR) is 61.0 cm³/mol. The fraction of sp³-hybridized carbons (Fsp3) is 0.500. The van der Waals surface area contributed by atoms with E-state index in [1.54, 1.807) is 7.11 Å². The number of ether oxygens (including phenoxy) is 1. The summed E-state index contributed by atoms with van der Waals surface area (Å²) in [6, 6.07) is 8.56. The zero-order valence-corrected chi connectivity index (χ0v) is 9.21. The van der Waals surface area contributed by atoms with Crippen molar-refractivity contribution in [3.8, 4) is 5.75 Å². The van der Waals surface area contributed by atoms with Gasteiger partial charge in [-0.1, -0.05) is 19.4 Å². The van der Waals surface area contributed by atoms with Gasteiger partial charge in [-0.3, -0.25) is 0 Å². The Morgan fingerprint density at radius 2 is 2.21 bits per heavy atom. The normalized spacial score (nSPS) is 12.2. The summed E-state index contributed by atoms with van der Waals surface area (Å²) < 4.78 is 5.16. The Hall–Kier alpha value is -1.18. The Bertz CT molecular complexity index is 273. The molecule has 0 radical (unpaired) electrons. The first-order valence-corrected chi connectivity index (χ1v) is 5.17. The van der Waals surface area contributed by atoms with Gasteiger partial charge in [-0.05, 0) is 25.5 Å². The van der Waals surface area contributed by atoms with Crippen LogP contribution in [0.4, 0.5) is 5.69 Å². The standard InChI is InChI=1S/C12H19NO/c1-4-6-10(2)13-11-7-5-8-12(9-11)14-3/h5,7-10,13H,4,6H2,1-3H3/t10-/m0/s1. The minimum Gasteiger partial charge on any atom is -0.497 e. The van der Waals surface area contributed by atoms with Crippen LogP contribution in [0.25, 0.3) is 0 Å². The molecule has 0 unspecified atom stereocenters. The van der Waals surface area contributed by atoms with Crippen molar-refractivity contribution in [1.82, 2.24) is 0 Å². The average molecular weight is 193 g/mol. The lowest BCUT2D eigenvalue weighted by Crippen LogP contribution is -2.14. The van der Waals surface area contributed by atoms with E-state index < -0.39 is 0 Å². The lowest BCUT2D eigenvalue weighted by atomic mass is 10.2. The molecule has 14 heavy (non-hydrogen) atoms. The molecule has 1 aromatic carbocycles. The zero-order chi connectivity index (χ0) is 10.4. The minimum atomic E-state index is 0.520. The number of nitrogens with one attached hydrogen (secondary N) is 1. The van der Waals surface area contributed by atoms with Gasteiger partial charge < -0.3 is 10.1 Å². The van der Waals surface area contributed by atoms with Crippen LogP contribution >= 0.6 is 0 Å². The van der Waals surface area contributed by atoms with Crippen LogP contribution in [0.2, 0.25) is 0 Å². The summed E-state index contributed by atoms with van der Waals surface area (Å²) in [4.78, 5) is 0. The highest BCUT2D eigenvalue weighted by molar-refractivity contribution is 5.48. The number of hydrogen-bond acceptors (Lipinski definition) is 2. The minimum absolute atomic E-state index is 0.520. The van der Waals surface area contributed by atoms with Crippen molar-refractivity contribution in [1.29, 1.82) is 0 Å². The van der Waals surface area contributed by atoms with Crippen molar-refractivity contribution in [2.75, 3.05) is 12.4 Å². The smallest absolute Gasteiger partial charge is 0.120 e. The third-order valence-corrected chi connectivity index (χ3v) is 2.20. The molecule has 0 aliphatic rings. The van der Waals surface area contributed by atoms with Crippen LogP contribution in [0.15, 0.2) is 24.3 Å². The highest BCUT2D eigenvalue weighted by Gasteiger charge is 2.00. The molecule has 1 aromatic rings. The van der Waals surface area contributed by atoms with E-state index >= 15 is 0 Å². The molecule has 0 fully saturated rings. The summed E-state index contributed by atoms with van der Waals surface area (Å²) in [6.45, 7) is 4.40. The first kappa shape index (κ1) is 10.9. The maximum atomic E-state index is 5.16. The van der Waals surface area contributed by atoms with Gasteiger partial charge in [0, 0.05) is 17.8 Å². The third-order valence-electron chi connectivity index (χ3n) is 2.20. The maximum absolute atomic E-state index is 5.16. The topological polar surface area (TPSA) is 21.3 Å². The van der Waals surface area contributed by atoms with Gasteiger partial charge in [0.25, 0.3) is 0 Å². The second-order valence-electron chi connectivity index (χ2n) is 3.57. The first-order valence-electron chi connectivity index (χ1n) is 5.17. The van der Waals surface area contributed by atoms with Gasteiger partial charge in [-0.2, -0.15) is 0 Å². The van der Waals surface area contributed by atoms with Crippen molar-refractivity contribution < 1.29 is 4.74 Å². The molecule has 0 saturated heterocycles. The molecule has 0 bridgehead atoms. The second kappa shape index (κ2) is 5.53. The first-order chi connectivity index (χ1) is 6.76. The van der Waals surface area contributed by atoms with E-state index in [9.17, 15) is 0 Å². The molecule has 1 atom stereocenters. The molecule has 2 nitrogen and oxygen atoms in total. The van der Waals surface area contributed by atoms with Gasteiger partial charge in [0.2, 0.25) is 0 Å². The van der Waals surface area contributed by atoms with E-state index in [-0.39, 0.29) is 0 Å². The molecular weight excluding hydrogens is 174 g/mol. The lowest BCUT2D eigenvalue weighted by molar-refractivity contribution is 0.415. The molecule has 2 heteroatoms. The van der Waals surface area contributed by atoms with Gasteiger partial charge in [0.15, 0.2) is 0 Å².